The smallest absolute Gasteiger partial charge is 0.313 e. The van der Waals surface area contributed by atoms with Crippen LogP contribution in [-0.2, 0) is 14.4 Å². The molecule has 3 amide bonds. The Kier molecular flexibility index (Phi) is 5.83. The van der Waals surface area contributed by atoms with Crippen molar-refractivity contribution in [1.82, 2.24) is 15.1 Å². The second-order valence-electron chi connectivity index (χ2n) is 7.33. The highest BCUT2D eigenvalue weighted by atomic mass is 16.3. The van der Waals surface area contributed by atoms with Crippen LogP contribution in [0.5, 0.6) is 0 Å². The van der Waals surface area contributed by atoms with Gasteiger partial charge in [0.15, 0.2) is 0 Å². The molecule has 31 heavy (non-hydrogen) atoms. The highest BCUT2D eigenvalue weighted by molar-refractivity contribution is 6.39. The summed E-state index contributed by atoms with van der Waals surface area (Å²) in [6.45, 7) is 2.69. The summed E-state index contributed by atoms with van der Waals surface area (Å²) in [5, 5.41) is 9.43. The summed E-state index contributed by atoms with van der Waals surface area (Å²) in [6, 6.07) is 10.2. The van der Waals surface area contributed by atoms with Crippen LogP contribution in [0.1, 0.15) is 30.2 Å². The first-order valence-electron chi connectivity index (χ1n) is 10.1. The molecule has 160 valence electrons. The Labute approximate surface area is 179 Å². The van der Waals surface area contributed by atoms with E-state index in [1.165, 1.54) is 0 Å². The maximum Gasteiger partial charge on any atom is 0.313 e. The lowest BCUT2D eigenvalue weighted by Crippen LogP contribution is -2.39. The molecule has 2 N–H and O–H groups in total. The third-order valence-corrected chi connectivity index (χ3v) is 5.21. The average molecular weight is 421 g/mol. The molecular formula is C22H23N5O4. The standard InChI is InChI=1S/C22H23N5O4/c1-15-7-8-16(13-17(15)26-10-2-6-20(26)28)25-22(30)21(29)23-14-18(19-5-3-12-31-19)27-11-4-9-24-27/h3-5,7-9,11-13,18H,2,6,10,14H2,1H3,(H,23,29)(H,25,30). The van der Waals surface area contributed by atoms with Crippen molar-refractivity contribution >= 4 is 29.1 Å². The number of amides is 3. The number of carbonyl (C=O) groups is 3. The summed E-state index contributed by atoms with van der Waals surface area (Å²) < 4.78 is 7.09. The fourth-order valence-corrected chi connectivity index (χ4v) is 3.61. The van der Waals surface area contributed by atoms with Crippen molar-refractivity contribution in [3.05, 3.63) is 66.4 Å². The van der Waals surface area contributed by atoms with E-state index in [1.54, 1.807) is 58.6 Å². The first kappa shape index (κ1) is 20.4. The Morgan fingerprint density at radius 1 is 1.23 bits per heavy atom. The van der Waals surface area contributed by atoms with Crippen LogP contribution in [-0.4, -0.2) is 40.6 Å². The summed E-state index contributed by atoms with van der Waals surface area (Å²) >= 11 is 0. The van der Waals surface area contributed by atoms with Crippen LogP contribution in [0.2, 0.25) is 0 Å². The predicted octanol–water partition coefficient (Wildman–Crippen LogP) is 2.26. The second kappa shape index (κ2) is 8.86. The van der Waals surface area contributed by atoms with Gasteiger partial charge in [0.25, 0.3) is 0 Å². The van der Waals surface area contributed by atoms with Crippen molar-refractivity contribution in [2.75, 3.05) is 23.3 Å². The normalized spacial score (nSPS) is 14.5. The molecule has 1 unspecified atom stereocenters. The van der Waals surface area contributed by atoms with Gasteiger partial charge in [0.1, 0.15) is 11.8 Å². The van der Waals surface area contributed by atoms with Crippen LogP contribution in [0.3, 0.4) is 0 Å². The largest absolute Gasteiger partial charge is 0.467 e. The molecule has 1 aliphatic heterocycles. The van der Waals surface area contributed by atoms with E-state index in [0.717, 1.165) is 17.7 Å². The van der Waals surface area contributed by atoms with Gasteiger partial charge in [-0.1, -0.05) is 6.07 Å². The van der Waals surface area contributed by atoms with Crippen molar-refractivity contribution < 1.29 is 18.8 Å². The topological polar surface area (TPSA) is 109 Å². The van der Waals surface area contributed by atoms with Crippen LogP contribution >= 0.6 is 0 Å². The molecule has 0 bridgehead atoms. The van der Waals surface area contributed by atoms with E-state index >= 15 is 0 Å². The van der Waals surface area contributed by atoms with Crippen LogP contribution in [0.15, 0.2) is 59.5 Å². The molecule has 3 heterocycles. The Hall–Kier alpha value is -3.88. The SMILES string of the molecule is Cc1ccc(NC(=O)C(=O)NCC(c2ccco2)n2cccn2)cc1N1CCCC1=O. The number of rotatable bonds is 6. The van der Waals surface area contributed by atoms with Gasteiger partial charge in [-0.2, -0.15) is 5.10 Å². The molecule has 4 rings (SSSR count). The minimum absolute atomic E-state index is 0.0620. The monoisotopic (exact) mass is 421 g/mol. The molecule has 1 aliphatic rings. The molecule has 1 atom stereocenters. The number of aryl methyl sites for hydroxylation is 1. The maximum atomic E-state index is 12.4. The van der Waals surface area contributed by atoms with Crippen LogP contribution in [0.25, 0.3) is 0 Å². The summed E-state index contributed by atoms with van der Waals surface area (Å²) in [6.07, 6.45) is 6.26. The van der Waals surface area contributed by atoms with Gasteiger partial charge in [0.05, 0.1) is 6.26 Å². The van der Waals surface area contributed by atoms with E-state index in [4.69, 9.17) is 4.42 Å². The zero-order valence-electron chi connectivity index (χ0n) is 17.1. The number of nitrogens with zero attached hydrogens (tertiary/aromatic N) is 3. The third-order valence-electron chi connectivity index (χ3n) is 5.21. The van der Waals surface area contributed by atoms with E-state index < -0.39 is 11.8 Å². The molecule has 0 aliphatic carbocycles. The average Bonchev–Trinajstić information content (AvgIpc) is 3.53. The van der Waals surface area contributed by atoms with Crippen molar-refractivity contribution in [1.29, 1.82) is 0 Å². The van der Waals surface area contributed by atoms with Crippen LogP contribution < -0.4 is 15.5 Å². The molecule has 2 aromatic heterocycles. The summed E-state index contributed by atoms with van der Waals surface area (Å²) in [5.74, 6) is -0.890. The Balaban J connectivity index is 1.41. The Morgan fingerprint density at radius 2 is 2.10 bits per heavy atom. The molecule has 1 saturated heterocycles. The number of anilines is 2. The summed E-state index contributed by atoms with van der Waals surface area (Å²) in [5.41, 5.74) is 2.13. The zero-order chi connectivity index (χ0) is 21.8. The van der Waals surface area contributed by atoms with Crippen molar-refractivity contribution in [3.63, 3.8) is 0 Å². The Bertz CT molecular complexity index is 1040. The van der Waals surface area contributed by atoms with Gasteiger partial charge in [0.2, 0.25) is 5.91 Å². The fourth-order valence-electron chi connectivity index (χ4n) is 3.61. The van der Waals surface area contributed by atoms with Gasteiger partial charge in [-0.05, 0) is 49.2 Å². The van der Waals surface area contributed by atoms with Gasteiger partial charge in [-0.3, -0.25) is 19.1 Å². The molecule has 0 saturated carbocycles. The van der Waals surface area contributed by atoms with Gasteiger partial charge in [-0.25, -0.2) is 0 Å². The lowest BCUT2D eigenvalue weighted by Gasteiger charge is -2.19. The van der Waals surface area contributed by atoms with Crippen molar-refractivity contribution in [3.8, 4) is 0 Å². The van der Waals surface area contributed by atoms with Crippen molar-refractivity contribution in [2.24, 2.45) is 0 Å². The maximum absolute atomic E-state index is 12.4. The highest BCUT2D eigenvalue weighted by Crippen LogP contribution is 2.28. The second-order valence-corrected chi connectivity index (χ2v) is 7.33. The van der Waals surface area contributed by atoms with Gasteiger partial charge >= 0.3 is 11.8 Å². The molecule has 3 aromatic rings. The van der Waals surface area contributed by atoms with E-state index in [1.807, 2.05) is 13.0 Å². The molecule has 1 aromatic carbocycles. The molecular weight excluding hydrogens is 398 g/mol. The van der Waals surface area contributed by atoms with E-state index in [-0.39, 0.29) is 18.5 Å². The molecule has 9 heteroatoms. The van der Waals surface area contributed by atoms with Crippen LogP contribution in [0.4, 0.5) is 11.4 Å². The van der Waals surface area contributed by atoms with Crippen molar-refractivity contribution in [2.45, 2.75) is 25.8 Å². The van der Waals surface area contributed by atoms with Gasteiger partial charge in [-0.15, -0.1) is 0 Å². The minimum Gasteiger partial charge on any atom is -0.467 e. The summed E-state index contributed by atoms with van der Waals surface area (Å²) in [7, 11) is 0. The number of carbonyl (C=O) groups excluding carboxylic acids is 3. The predicted molar refractivity (Wildman–Crippen MR) is 113 cm³/mol. The lowest BCUT2D eigenvalue weighted by molar-refractivity contribution is -0.136. The first-order chi connectivity index (χ1) is 15.0. The molecule has 0 radical (unpaired) electrons. The third kappa shape index (κ3) is 4.50. The van der Waals surface area contributed by atoms with Gasteiger partial charge < -0.3 is 20.0 Å². The number of aromatic nitrogens is 2. The lowest BCUT2D eigenvalue weighted by atomic mass is 10.1. The zero-order valence-corrected chi connectivity index (χ0v) is 17.1. The van der Waals surface area contributed by atoms with Crippen LogP contribution in [0, 0.1) is 6.92 Å². The molecule has 0 spiro atoms. The minimum atomic E-state index is -0.791. The molecule has 1 fully saturated rings. The number of hydrogen-bond donors (Lipinski definition) is 2. The number of furan rings is 1. The number of hydrogen-bond acceptors (Lipinski definition) is 5. The summed E-state index contributed by atoms with van der Waals surface area (Å²) in [4.78, 5) is 38.6. The van der Waals surface area contributed by atoms with E-state index in [0.29, 0.717) is 24.4 Å². The van der Waals surface area contributed by atoms with E-state index in [2.05, 4.69) is 15.7 Å². The quantitative estimate of drug-likeness (QED) is 0.594. The first-order valence-corrected chi connectivity index (χ1v) is 10.1. The van der Waals surface area contributed by atoms with Gasteiger partial charge in [0, 0.05) is 43.3 Å². The number of nitrogens with one attached hydrogen (secondary N) is 2. The Morgan fingerprint density at radius 3 is 2.77 bits per heavy atom. The van der Waals surface area contributed by atoms with E-state index in [9.17, 15) is 14.4 Å². The number of benzene rings is 1. The molecule has 9 nitrogen and oxygen atoms in total. The highest BCUT2D eigenvalue weighted by Gasteiger charge is 2.24. The fraction of sp³-hybridized carbons (Fsp3) is 0.273.